The molecule has 5 heteroatoms. The van der Waals surface area contributed by atoms with Gasteiger partial charge in [-0.05, 0) is 38.1 Å². The van der Waals surface area contributed by atoms with Gasteiger partial charge in [0.05, 0.1) is 24.3 Å². The minimum atomic E-state index is 0.00360. The molecular weight excluding hydrogens is 290 g/mol. The monoisotopic (exact) mass is 311 g/mol. The van der Waals surface area contributed by atoms with Gasteiger partial charge in [-0.2, -0.15) is 5.26 Å². The molecule has 2 aliphatic heterocycles. The van der Waals surface area contributed by atoms with E-state index in [2.05, 4.69) is 17.2 Å². The molecular formula is C18H21N3O2. The van der Waals surface area contributed by atoms with Gasteiger partial charge in [0.25, 0.3) is 0 Å². The van der Waals surface area contributed by atoms with Crippen molar-refractivity contribution < 1.29 is 9.47 Å². The maximum Gasteiger partial charge on any atom is 0.160 e. The molecule has 0 amide bonds. The fraction of sp³-hybridized carbons (Fsp3) is 0.500. The van der Waals surface area contributed by atoms with Crippen LogP contribution in [0.25, 0.3) is 5.52 Å². The summed E-state index contributed by atoms with van der Waals surface area (Å²) in [7, 11) is 0. The highest BCUT2D eigenvalue weighted by atomic mass is 16.7. The van der Waals surface area contributed by atoms with E-state index in [1.165, 1.54) is 0 Å². The number of nitriles is 1. The largest absolute Gasteiger partial charge is 0.350 e. The Morgan fingerprint density at radius 3 is 2.70 bits per heavy atom. The molecule has 2 aromatic heterocycles. The topological polar surface area (TPSA) is 49.9 Å². The smallest absolute Gasteiger partial charge is 0.160 e. The second kappa shape index (κ2) is 6.32. The minimum absolute atomic E-state index is 0.00360. The van der Waals surface area contributed by atoms with Gasteiger partial charge in [0.1, 0.15) is 6.07 Å². The van der Waals surface area contributed by atoms with Crippen LogP contribution in [0.2, 0.25) is 0 Å². The van der Waals surface area contributed by atoms with Crippen molar-refractivity contribution in [3.8, 4) is 6.07 Å². The molecule has 0 radical (unpaired) electrons. The van der Waals surface area contributed by atoms with Crippen LogP contribution in [-0.4, -0.2) is 41.9 Å². The SMILES string of the molecule is N#Cc1c(CN2CCC(C3OCCO3)CC2)cn2ccccc12. The predicted molar refractivity (Wildman–Crippen MR) is 85.8 cm³/mol. The minimum Gasteiger partial charge on any atom is -0.350 e. The number of pyridine rings is 1. The molecule has 4 heterocycles. The Morgan fingerprint density at radius 2 is 1.96 bits per heavy atom. The van der Waals surface area contributed by atoms with Crippen molar-refractivity contribution in [3.63, 3.8) is 0 Å². The molecule has 0 unspecified atom stereocenters. The van der Waals surface area contributed by atoms with Gasteiger partial charge >= 0.3 is 0 Å². The summed E-state index contributed by atoms with van der Waals surface area (Å²) in [5.41, 5.74) is 2.91. The van der Waals surface area contributed by atoms with Crippen LogP contribution in [0.4, 0.5) is 0 Å². The lowest BCUT2D eigenvalue weighted by atomic mass is 9.96. The van der Waals surface area contributed by atoms with Gasteiger partial charge in [0.15, 0.2) is 6.29 Å². The van der Waals surface area contributed by atoms with Gasteiger partial charge in [0, 0.05) is 30.4 Å². The van der Waals surface area contributed by atoms with Gasteiger partial charge in [-0.15, -0.1) is 0 Å². The Bertz CT molecular complexity index is 719. The Balaban J connectivity index is 1.44. The number of nitrogens with zero attached hydrogens (tertiary/aromatic N) is 3. The highest BCUT2D eigenvalue weighted by molar-refractivity contribution is 5.65. The highest BCUT2D eigenvalue weighted by Crippen LogP contribution is 2.27. The molecule has 0 spiro atoms. The zero-order chi connectivity index (χ0) is 15.6. The van der Waals surface area contributed by atoms with E-state index in [0.717, 1.165) is 62.3 Å². The molecule has 0 bridgehead atoms. The molecule has 0 atom stereocenters. The molecule has 5 nitrogen and oxygen atoms in total. The van der Waals surface area contributed by atoms with E-state index >= 15 is 0 Å². The number of rotatable bonds is 3. The summed E-state index contributed by atoms with van der Waals surface area (Å²) < 4.78 is 13.3. The van der Waals surface area contributed by atoms with Crippen LogP contribution >= 0.6 is 0 Å². The van der Waals surface area contributed by atoms with Crippen molar-refractivity contribution in [2.75, 3.05) is 26.3 Å². The third kappa shape index (κ3) is 2.86. The molecule has 0 aliphatic carbocycles. The molecule has 2 aliphatic rings. The number of likely N-dealkylation sites (tertiary alicyclic amines) is 1. The summed E-state index contributed by atoms with van der Waals surface area (Å²) in [4.78, 5) is 2.43. The molecule has 2 fully saturated rings. The molecule has 0 saturated carbocycles. The van der Waals surface area contributed by atoms with Gasteiger partial charge < -0.3 is 13.9 Å². The first-order valence-electron chi connectivity index (χ1n) is 8.29. The predicted octanol–water partition coefficient (Wildman–Crippen LogP) is 2.40. The molecule has 0 aromatic carbocycles. The summed E-state index contributed by atoms with van der Waals surface area (Å²) in [5.74, 6) is 0.511. The van der Waals surface area contributed by atoms with E-state index in [0.29, 0.717) is 5.92 Å². The summed E-state index contributed by atoms with van der Waals surface area (Å²) >= 11 is 0. The zero-order valence-corrected chi connectivity index (χ0v) is 13.1. The van der Waals surface area contributed by atoms with Crippen molar-refractivity contribution in [3.05, 3.63) is 41.7 Å². The number of piperidine rings is 1. The van der Waals surface area contributed by atoms with E-state index in [9.17, 15) is 5.26 Å². The number of hydrogen-bond donors (Lipinski definition) is 0. The highest BCUT2D eigenvalue weighted by Gasteiger charge is 2.30. The Labute approximate surface area is 136 Å². The molecule has 2 aromatic rings. The maximum atomic E-state index is 9.51. The van der Waals surface area contributed by atoms with E-state index in [1.54, 1.807) is 0 Å². The van der Waals surface area contributed by atoms with Gasteiger partial charge in [-0.1, -0.05) is 6.07 Å². The first-order valence-corrected chi connectivity index (χ1v) is 8.29. The number of fused-ring (bicyclic) bond motifs is 1. The Hall–Kier alpha value is -1.87. The van der Waals surface area contributed by atoms with E-state index in [4.69, 9.17) is 9.47 Å². The normalized spacial score (nSPS) is 21.0. The van der Waals surface area contributed by atoms with E-state index in [1.807, 2.05) is 28.8 Å². The zero-order valence-electron chi connectivity index (χ0n) is 13.1. The lowest BCUT2D eigenvalue weighted by Crippen LogP contribution is -2.37. The fourth-order valence-corrected chi connectivity index (χ4v) is 3.70. The maximum absolute atomic E-state index is 9.51. The fourth-order valence-electron chi connectivity index (χ4n) is 3.70. The van der Waals surface area contributed by atoms with Gasteiger partial charge in [0.2, 0.25) is 0 Å². The van der Waals surface area contributed by atoms with Crippen molar-refractivity contribution in [2.24, 2.45) is 5.92 Å². The lowest BCUT2D eigenvalue weighted by molar-refractivity contribution is -0.0977. The molecule has 120 valence electrons. The summed E-state index contributed by atoms with van der Waals surface area (Å²) in [6, 6.07) is 8.35. The second-order valence-electron chi connectivity index (χ2n) is 6.36. The number of ether oxygens (including phenoxy) is 2. The lowest BCUT2D eigenvalue weighted by Gasteiger charge is -2.33. The molecule has 4 rings (SSSR count). The number of aromatic nitrogens is 1. The summed E-state index contributed by atoms with van der Waals surface area (Å²) in [5, 5.41) is 9.51. The van der Waals surface area contributed by atoms with E-state index in [-0.39, 0.29) is 6.29 Å². The van der Waals surface area contributed by atoms with Crippen LogP contribution in [-0.2, 0) is 16.0 Å². The van der Waals surface area contributed by atoms with Crippen molar-refractivity contribution in [2.45, 2.75) is 25.7 Å². The first-order chi connectivity index (χ1) is 11.3. The average Bonchev–Trinajstić information content (AvgIpc) is 3.23. The van der Waals surface area contributed by atoms with Crippen LogP contribution in [0.3, 0.4) is 0 Å². The second-order valence-corrected chi connectivity index (χ2v) is 6.36. The summed E-state index contributed by atoms with van der Waals surface area (Å²) in [6.45, 7) is 4.36. The third-order valence-electron chi connectivity index (χ3n) is 4.93. The summed E-state index contributed by atoms with van der Waals surface area (Å²) in [6.07, 6.45) is 6.29. The van der Waals surface area contributed by atoms with Crippen molar-refractivity contribution in [1.29, 1.82) is 5.26 Å². The van der Waals surface area contributed by atoms with Crippen LogP contribution in [0.15, 0.2) is 30.6 Å². The van der Waals surface area contributed by atoms with Crippen LogP contribution < -0.4 is 0 Å². The van der Waals surface area contributed by atoms with E-state index < -0.39 is 0 Å². The van der Waals surface area contributed by atoms with Crippen molar-refractivity contribution in [1.82, 2.24) is 9.30 Å². The standard InChI is InChI=1S/C18H21N3O2/c19-11-16-15(13-21-6-2-1-3-17(16)21)12-20-7-4-14(5-8-20)18-22-9-10-23-18/h1-3,6,13-14,18H,4-5,7-10,12H2. The van der Waals surface area contributed by atoms with Gasteiger partial charge in [-0.3, -0.25) is 4.90 Å². The average molecular weight is 311 g/mol. The quantitative estimate of drug-likeness (QED) is 0.873. The number of hydrogen-bond acceptors (Lipinski definition) is 4. The van der Waals surface area contributed by atoms with Crippen LogP contribution in [0, 0.1) is 17.2 Å². The van der Waals surface area contributed by atoms with Crippen LogP contribution in [0.5, 0.6) is 0 Å². The molecule has 0 N–H and O–H groups in total. The van der Waals surface area contributed by atoms with Crippen LogP contribution in [0.1, 0.15) is 24.0 Å². The molecule has 2 saturated heterocycles. The molecule has 23 heavy (non-hydrogen) atoms. The Morgan fingerprint density at radius 1 is 1.17 bits per heavy atom. The first kappa shape index (κ1) is 14.7. The van der Waals surface area contributed by atoms with Gasteiger partial charge in [-0.25, -0.2) is 0 Å². The Kier molecular flexibility index (Phi) is 4.04. The third-order valence-corrected chi connectivity index (χ3v) is 4.93. The van der Waals surface area contributed by atoms with Crippen molar-refractivity contribution >= 4 is 5.52 Å².